The van der Waals surface area contributed by atoms with Crippen LogP contribution in [0.3, 0.4) is 0 Å². The van der Waals surface area contributed by atoms with E-state index in [1.807, 2.05) is 6.92 Å². The fourth-order valence-electron chi connectivity index (χ4n) is 4.65. The Morgan fingerprint density at radius 2 is 1.96 bits per heavy atom. The first-order chi connectivity index (χ1) is 12.7. The normalized spacial score (nSPS) is 36.1. The number of urea groups is 1. The molecule has 4 unspecified atom stereocenters. The van der Waals surface area contributed by atoms with Crippen LogP contribution in [0.2, 0.25) is 0 Å². The maximum Gasteiger partial charge on any atom is 0.326 e. The van der Waals surface area contributed by atoms with Gasteiger partial charge in [-0.15, -0.1) is 0 Å². The molecule has 8 nitrogen and oxygen atoms in total. The quantitative estimate of drug-likeness (QED) is 0.742. The van der Waals surface area contributed by atoms with Crippen molar-refractivity contribution in [3.8, 4) is 0 Å². The smallest absolute Gasteiger partial charge is 0.326 e. The Balaban J connectivity index is 1.51. The van der Waals surface area contributed by atoms with Gasteiger partial charge in [-0.1, -0.05) is 0 Å². The molecular formula is C18H29N3O5S. The van der Waals surface area contributed by atoms with E-state index < -0.39 is 21.2 Å². The molecule has 4 aliphatic rings. The van der Waals surface area contributed by atoms with Crippen LogP contribution < -0.4 is 4.72 Å². The third-order valence-electron chi connectivity index (χ3n) is 6.65. The Morgan fingerprint density at radius 3 is 2.59 bits per heavy atom. The van der Waals surface area contributed by atoms with Crippen LogP contribution in [-0.4, -0.2) is 73.8 Å². The highest BCUT2D eigenvalue weighted by molar-refractivity contribution is 7.90. The summed E-state index contributed by atoms with van der Waals surface area (Å²) in [6.45, 7) is 3.84. The predicted octanol–water partition coefficient (Wildman–Crippen LogP) is 0.926. The summed E-state index contributed by atoms with van der Waals surface area (Å²) in [5.74, 6) is -0.409. The van der Waals surface area contributed by atoms with E-state index in [0.717, 1.165) is 19.3 Å². The van der Waals surface area contributed by atoms with Gasteiger partial charge in [0.25, 0.3) is 0 Å². The van der Waals surface area contributed by atoms with Gasteiger partial charge >= 0.3 is 6.03 Å². The van der Waals surface area contributed by atoms with Gasteiger partial charge in [0.1, 0.15) is 0 Å². The van der Waals surface area contributed by atoms with Crippen molar-refractivity contribution in [3.05, 3.63) is 0 Å². The number of hydrogen-bond donors (Lipinski definition) is 1. The van der Waals surface area contributed by atoms with Crippen LogP contribution in [0.25, 0.3) is 0 Å². The number of carbonyl (C=O) groups excluding carboxylic acids is 2. The number of nitrogens with one attached hydrogen (secondary N) is 1. The van der Waals surface area contributed by atoms with Crippen LogP contribution in [0.15, 0.2) is 0 Å². The van der Waals surface area contributed by atoms with Crippen molar-refractivity contribution in [1.82, 2.24) is 14.5 Å². The molecule has 0 aromatic rings. The second-order valence-electron chi connectivity index (χ2n) is 8.88. The second-order valence-corrected chi connectivity index (χ2v) is 10.8. The zero-order chi connectivity index (χ0) is 19.4. The van der Waals surface area contributed by atoms with Gasteiger partial charge in [0.05, 0.1) is 17.8 Å². The molecule has 2 aliphatic carbocycles. The first-order valence-electron chi connectivity index (χ1n) is 9.89. The largest absolute Gasteiger partial charge is 0.381 e. The maximum absolute atomic E-state index is 12.8. The molecule has 27 heavy (non-hydrogen) atoms. The maximum atomic E-state index is 12.8. The topological polar surface area (TPSA) is 96.0 Å². The van der Waals surface area contributed by atoms with E-state index in [1.165, 1.54) is 11.9 Å². The summed E-state index contributed by atoms with van der Waals surface area (Å²) in [7, 11) is -1.97. The van der Waals surface area contributed by atoms with Crippen LogP contribution in [0.4, 0.5) is 4.79 Å². The first kappa shape index (κ1) is 19.1. The van der Waals surface area contributed by atoms with Gasteiger partial charge < -0.3 is 9.64 Å². The Kier molecular flexibility index (Phi) is 4.75. The van der Waals surface area contributed by atoms with Gasteiger partial charge in [0.15, 0.2) is 0 Å². The average molecular weight is 400 g/mol. The average Bonchev–Trinajstić information content (AvgIpc) is 3.12. The van der Waals surface area contributed by atoms with E-state index in [1.54, 1.807) is 4.90 Å². The van der Waals surface area contributed by atoms with E-state index in [4.69, 9.17) is 4.74 Å². The van der Waals surface area contributed by atoms with Crippen LogP contribution in [-0.2, 0) is 19.6 Å². The van der Waals surface area contributed by atoms with Crippen molar-refractivity contribution >= 4 is 22.0 Å². The van der Waals surface area contributed by atoms with Crippen molar-refractivity contribution in [2.45, 2.75) is 62.3 Å². The number of hydrogen-bond acceptors (Lipinski definition) is 5. The lowest BCUT2D eigenvalue weighted by Crippen LogP contribution is -2.63. The van der Waals surface area contributed by atoms with Gasteiger partial charge in [-0.05, 0) is 45.4 Å². The summed E-state index contributed by atoms with van der Waals surface area (Å²) >= 11 is 0. The van der Waals surface area contributed by atoms with E-state index >= 15 is 0 Å². The lowest BCUT2D eigenvalue weighted by atomic mass is 9.80. The molecule has 4 fully saturated rings. The summed E-state index contributed by atoms with van der Waals surface area (Å²) in [6, 6.07) is -0.470. The standard InChI is InChI=1S/C18H29N3O5S/c1-18(6-7-18)19-27(24,25)13-3-4-15-14(9-13)16(22)20(2)17(23)21(15)10-12-5-8-26-11-12/h12-15,19H,3-11H2,1-2H3. The summed E-state index contributed by atoms with van der Waals surface area (Å²) in [6.07, 6.45) is 3.94. The number of rotatable bonds is 5. The molecule has 0 spiro atoms. The summed E-state index contributed by atoms with van der Waals surface area (Å²) in [4.78, 5) is 28.4. The van der Waals surface area contributed by atoms with Crippen LogP contribution in [0.5, 0.6) is 0 Å². The van der Waals surface area contributed by atoms with Crippen LogP contribution in [0, 0.1) is 11.8 Å². The van der Waals surface area contributed by atoms with Gasteiger partial charge in [-0.2, -0.15) is 0 Å². The Hall–Kier alpha value is -1.19. The van der Waals surface area contributed by atoms with Crippen LogP contribution >= 0.6 is 0 Å². The molecule has 0 radical (unpaired) electrons. The van der Waals surface area contributed by atoms with E-state index in [9.17, 15) is 18.0 Å². The summed E-state index contributed by atoms with van der Waals surface area (Å²) < 4.78 is 33.8. The minimum atomic E-state index is -3.47. The third-order valence-corrected chi connectivity index (χ3v) is 8.74. The molecule has 9 heteroatoms. The molecule has 0 bridgehead atoms. The fourth-order valence-corrected chi connectivity index (χ4v) is 6.61. The molecule has 4 rings (SSSR count). The first-order valence-corrected chi connectivity index (χ1v) is 11.4. The lowest BCUT2D eigenvalue weighted by Gasteiger charge is -2.48. The van der Waals surface area contributed by atoms with E-state index in [-0.39, 0.29) is 35.9 Å². The van der Waals surface area contributed by atoms with Crippen LogP contribution in [0.1, 0.15) is 45.4 Å². The molecule has 2 saturated heterocycles. The number of nitrogens with zero attached hydrogens (tertiary/aromatic N) is 2. The Labute approximate surface area is 160 Å². The van der Waals surface area contributed by atoms with Gasteiger partial charge in [-0.3, -0.25) is 9.69 Å². The highest BCUT2D eigenvalue weighted by atomic mass is 32.2. The molecule has 2 heterocycles. The van der Waals surface area contributed by atoms with Crippen molar-refractivity contribution in [3.63, 3.8) is 0 Å². The van der Waals surface area contributed by atoms with Crippen molar-refractivity contribution < 1.29 is 22.7 Å². The SMILES string of the molecule is CN1C(=O)C2CC(S(=O)(=O)NC3(C)CC3)CCC2N(CC2CCOC2)C1=O. The number of sulfonamides is 1. The minimum Gasteiger partial charge on any atom is -0.381 e. The number of ether oxygens (including phenoxy) is 1. The van der Waals surface area contributed by atoms with Crippen molar-refractivity contribution in [2.75, 3.05) is 26.8 Å². The molecule has 2 aliphatic heterocycles. The monoisotopic (exact) mass is 399 g/mol. The van der Waals surface area contributed by atoms with Crippen molar-refractivity contribution in [1.29, 1.82) is 0 Å². The molecule has 4 atom stereocenters. The highest BCUT2D eigenvalue weighted by Crippen LogP contribution is 2.40. The lowest BCUT2D eigenvalue weighted by molar-refractivity contribution is -0.139. The van der Waals surface area contributed by atoms with Gasteiger partial charge in [0, 0.05) is 37.7 Å². The predicted molar refractivity (Wildman–Crippen MR) is 98.4 cm³/mol. The van der Waals surface area contributed by atoms with Gasteiger partial charge in [-0.25, -0.2) is 17.9 Å². The number of carbonyl (C=O) groups is 2. The molecule has 152 valence electrons. The molecule has 2 saturated carbocycles. The molecule has 0 aromatic heterocycles. The zero-order valence-corrected chi connectivity index (χ0v) is 16.8. The molecular weight excluding hydrogens is 370 g/mol. The third kappa shape index (κ3) is 3.61. The van der Waals surface area contributed by atoms with E-state index in [0.29, 0.717) is 32.6 Å². The fraction of sp³-hybridized carbons (Fsp3) is 0.889. The van der Waals surface area contributed by atoms with Gasteiger partial charge in [0.2, 0.25) is 15.9 Å². The zero-order valence-electron chi connectivity index (χ0n) is 16.0. The Bertz CT molecular complexity index is 729. The van der Waals surface area contributed by atoms with E-state index in [2.05, 4.69) is 4.72 Å². The number of imide groups is 1. The Morgan fingerprint density at radius 1 is 1.22 bits per heavy atom. The number of fused-ring (bicyclic) bond motifs is 1. The molecule has 1 N–H and O–H groups in total. The number of amides is 3. The van der Waals surface area contributed by atoms with Crippen molar-refractivity contribution in [2.24, 2.45) is 11.8 Å². The second kappa shape index (κ2) is 6.70. The highest BCUT2D eigenvalue weighted by Gasteiger charge is 2.51. The minimum absolute atomic E-state index is 0.204. The summed E-state index contributed by atoms with van der Waals surface area (Å²) in [5, 5.41) is -0.571. The molecule has 3 amide bonds. The summed E-state index contributed by atoms with van der Waals surface area (Å²) in [5.41, 5.74) is -0.312. The molecule has 0 aromatic carbocycles.